The maximum Gasteiger partial charge on any atom is 0.341 e. The molecular weight excluding hydrogens is 434 g/mol. The number of carbonyl (C=O) groups is 1. The number of nitriles is 1. The lowest BCUT2D eigenvalue weighted by atomic mass is 10.1. The highest BCUT2D eigenvalue weighted by Crippen LogP contribution is 2.37. The number of rotatable bonds is 6. The van der Waals surface area contributed by atoms with Crippen LogP contribution in [0.3, 0.4) is 0 Å². The first-order valence-electron chi connectivity index (χ1n) is 9.51. The van der Waals surface area contributed by atoms with Gasteiger partial charge in [-0.15, -0.1) is 22.7 Å². The van der Waals surface area contributed by atoms with Gasteiger partial charge in [0.15, 0.2) is 11.5 Å². The lowest BCUT2D eigenvalue weighted by Crippen LogP contribution is -2.07. The third-order valence-electron chi connectivity index (χ3n) is 4.74. The van der Waals surface area contributed by atoms with Crippen LogP contribution in [0.1, 0.15) is 32.7 Å². The van der Waals surface area contributed by atoms with E-state index in [2.05, 4.69) is 16.4 Å². The van der Waals surface area contributed by atoms with Crippen molar-refractivity contribution in [2.75, 3.05) is 18.7 Å². The molecule has 0 amide bonds. The van der Waals surface area contributed by atoms with Crippen LogP contribution in [0.4, 0.5) is 5.00 Å². The first-order chi connectivity index (χ1) is 15.0. The maximum atomic E-state index is 12.4. The topological polar surface area (TPSA) is 93.5 Å². The highest BCUT2D eigenvalue weighted by Gasteiger charge is 2.21. The molecule has 0 unspecified atom stereocenters. The fourth-order valence-corrected chi connectivity index (χ4v) is 4.86. The number of nitrogens with zero attached hydrogens (tertiary/aromatic N) is 2. The fraction of sp³-hybridized carbons (Fsp3) is 0.227. The monoisotopic (exact) mass is 453 g/mol. The van der Waals surface area contributed by atoms with E-state index in [1.165, 1.54) is 22.7 Å². The van der Waals surface area contributed by atoms with Gasteiger partial charge in [0, 0.05) is 22.0 Å². The van der Waals surface area contributed by atoms with Gasteiger partial charge in [0.2, 0.25) is 6.79 Å². The summed E-state index contributed by atoms with van der Waals surface area (Å²) in [5.74, 6) is 1.01. The summed E-state index contributed by atoms with van der Waals surface area (Å²) in [7, 11) is 0. The SMILES string of the molecule is CCOC(=O)c1c(N/C=C(/C#N)c2nc(-c3ccc4c(c3)OCO4)cs2)sc(C)c1C. The molecule has 0 saturated heterocycles. The third-order valence-corrected chi connectivity index (χ3v) is 6.75. The smallest absolute Gasteiger partial charge is 0.341 e. The molecule has 1 N–H and O–H groups in total. The molecule has 3 heterocycles. The van der Waals surface area contributed by atoms with Crippen LogP contribution in [0, 0.1) is 25.2 Å². The molecule has 1 aliphatic rings. The fourth-order valence-electron chi connectivity index (χ4n) is 3.04. The molecule has 1 aliphatic heterocycles. The quantitative estimate of drug-likeness (QED) is 0.396. The second-order valence-corrected chi connectivity index (χ2v) is 8.71. The average molecular weight is 454 g/mol. The number of fused-ring (bicyclic) bond motifs is 1. The van der Waals surface area contributed by atoms with Crippen molar-refractivity contribution in [2.24, 2.45) is 0 Å². The van der Waals surface area contributed by atoms with Gasteiger partial charge in [0.05, 0.1) is 17.9 Å². The highest BCUT2D eigenvalue weighted by atomic mass is 32.1. The first-order valence-corrected chi connectivity index (χ1v) is 11.2. The summed E-state index contributed by atoms with van der Waals surface area (Å²) in [6.07, 6.45) is 1.58. The van der Waals surface area contributed by atoms with Crippen LogP contribution in [0.15, 0.2) is 29.8 Å². The van der Waals surface area contributed by atoms with Gasteiger partial charge >= 0.3 is 5.97 Å². The molecule has 0 saturated carbocycles. The van der Waals surface area contributed by atoms with Crippen LogP contribution in [-0.2, 0) is 4.74 Å². The predicted octanol–water partition coefficient (Wildman–Crippen LogP) is 5.37. The number of allylic oxidation sites excluding steroid dienone is 1. The molecule has 0 fully saturated rings. The summed E-state index contributed by atoms with van der Waals surface area (Å²) in [4.78, 5) is 18.0. The van der Waals surface area contributed by atoms with Crippen LogP contribution in [-0.4, -0.2) is 24.4 Å². The number of thiazole rings is 1. The van der Waals surface area contributed by atoms with E-state index >= 15 is 0 Å². The van der Waals surface area contributed by atoms with Gasteiger partial charge in [-0.25, -0.2) is 9.78 Å². The summed E-state index contributed by atoms with van der Waals surface area (Å²) in [5, 5.41) is 15.9. The number of esters is 1. The van der Waals surface area contributed by atoms with Gasteiger partial charge in [-0.1, -0.05) is 0 Å². The third kappa shape index (κ3) is 4.13. The first kappa shape index (κ1) is 20.9. The molecule has 9 heteroatoms. The number of nitrogens with one attached hydrogen (secondary N) is 1. The van der Waals surface area contributed by atoms with Gasteiger partial charge in [0.1, 0.15) is 21.7 Å². The minimum atomic E-state index is -0.377. The Balaban J connectivity index is 1.59. The Morgan fingerprint density at radius 3 is 2.94 bits per heavy atom. The Labute approximate surface area is 187 Å². The van der Waals surface area contributed by atoms with Crippen LogP contribution in [0.2, 0.25) is 0 Å². The van der Waals surface area contributed by atoms with Crippen molar-refractivity contribution in [3.05, 3.63) is 50.8 Å². The Hall–Kier alpha value is -3.35. The van der Waals surface area contributed by atoms with Crippen molar-refractivity contribution in [2.45, 2.75) is 20.8 Å². The Morgan fingerprint density at radius 1 is 1.35 bits per heavy atom. The molecule has 158 valence electrons. The Bertz CT molecular complexity index is 1220. The van der Waals surface area contributed by atoms with Crippen molar-refractivity contribution in [1.82, 2.24) is 4.98 Å². The zero-order chi connectivity index (χ0) is 22.0. The Kier molecular flexibility index (Phi) is 5.93. The molecule has 7 nitrogen and oxygen atoms in total. The molecule has 0 radical (unpaired) electrons. The van der Waals surface area contributed by atoms with Gasteiger partial charge in [-0.2, -0.15) is 5.26 Å². The number of aryl methyl sites for hydroxylation is 1. The van der Waals surface area contributed by atoms with E-state index in [9.17, 15) is 10.1 Å². The average Bonchev–Trinajstić information content (AvgIpc) is 3.48. The van der Waals surface area contributed by atoms with Crippen molar-refractivity contribution in [3.63, 3.8) is 0 Å². The van der Waals surface area contributed by atoms with Crippen molar-refractivity contribution < 1.29 is 19.0 Å². The standard InChI is InChI=1S/C22H19N3O4S2/c1-4-27-22(26)19-12(2)13(3)31-21(19)24-9-15(8-23)20-25-16(10-30-20)14-5-6-17-18(7-14)29-11-28-17/h5-7,9-10,24H,4,11H2,1-3H3/b15-9-. The van der Waals surface area contributed by atoms with Gasteiger partial charge in [0.25, 0.3) is 0 Å². The number of hydrogen-bond acceptors (Lipinski definition) is 9. The van der Waals surface area contributed by atoms with Crippen molar-refractivity contribution >= 4 is 39.2 Å². The minimum Gasteiger partial charge on any atom is -0.462 e. The molecule has 3 aromatic rings. The molecule has 0 bridgehead atoms. The molecule has 0 atom stereocenters. The second-order valence-electron chi connectivity index (χ2n) is 6.63. The summed E-state index contributed by atoms with van der Waals surface area (Å²) < 4.78 is 15.9. The van der Waals surface area contributed by atoms with Gasteiger partial charge in [-0.05, 0) is 44.5 Å². The van der Waals surface area contributed by atoms with Crippen LogP contribution >= 0.6 is 22.7 Å². The number of aromatic nitrogens is 1. The van der Waals surface area contributed by atoms with E-state index in [4.69, 9.17) is 14.2 Å². The molecule has 0 spiro atoms. The number of thiophene rings is 1. The number of anilines is 1. The lowest BCUT2D eigenvalue weighted by molar-refractivity contribution is 0.0527. The molecule has 2 aromatic heterocycles. The van der Waals surface area contributed by atoms with Gasteiger partial charge < -0.3 is 19.5 Å². The van der Waals surface area contributed by atoms with E-state index in [0.29, 0.717) is 39.3 Å². The number of benzene rings is 1. The van der Waals surface area contributed by atoms with Crippen LogP contribution in [0.25, 0.3) is 16.8 Å². The summed E-state index contributed by atoms with van der Waals surface area (Å²) >= 11 is 2.82. The van der Waals surface area contributed by atoms with E-state index in [1.54, 1.807) is 13.1 Å². The molecule has 1 aromatic carbocycles. The summed E-state index contributed by atoms with van der Waals surface area (Å²) in [6.45, 7) is 6.11. The zero-order valence-electron chi connectivity index (χ0n) is 17.1. The van der Waals surface area contributed by atoms with Crippen molar-refractivity contribution in [3.8, 4) is 28.8 Å². The normalized spacial score (nSPS) is 12.5. The van der Waals surface area contributed by atoms with E-state index in [0.717, 1.165) is 21.7 Å². The van der Waals surface area contributed by atoms with Crippen LogP contribution in [0.5, 0.6) is 11.5 Å². The summed E-state index contributed by atoms with van der Waals surface area (Å²) in [6, 6.07) is 7.80. The zero-order valence-corrected chi connectivity index (χ0v) is 18.8. The van der Waals surface area contributed by atoms with Crippen LogP contribution < -0.4 is 14.8 Å². The van der Waals surface area contributed by atoms with E-state index < -0.39 is 0 Å². The molecule has 0 aliphatic carbocycles. The maximum absolute atomic E-state index is 12.4. The number of carbonyl (C=O) groups excluding carboxylic acids is 1. The minimum absolute atomic E-state index is 0.212. The van der Waals surface area contributed by atoms with E-state index in [1.807, 2.05) is 37.4 Å². The molecule has 4 rings (SSSR count). The lowest BCUT2D eigenvalue weighted by Gasteiger charge is -2.05. The number of hydrogen-bond donors (Lipinski definition) is 1. The van der Waals surface area contributed by atoms with Gasteiger partial charge in [-0.3, -0.25) is 0 Å². The second kappa shape index (κ2) is 8.79. The molecule has 31 heavy (non-hydrogen) atoms. The predicted molar refractivity (Wildman–Crippen MR) is 121 cm³/mol. The highest BCUT2D eigenvalue weighted by molar-refractivity contribution is 7.16. The largest absolute Gasteiger partial charge is 0.462 e. The van der Waals surface area contributed by atoms with Crippen molar-refractivity contribution in [1.29, 1.82) is 5.26 Å². The Morgan fingerprint density at radius 2 is 2.16 bits per heavy atom. The molecular formula is C22H19N3O4S2. The van der Waals surface area contributed by atoms with E-state index in [-0.39, 0.29) is 12.8 Å². The number of ether oxygens (including phenoxy) is 3. The summed E-state index contributed by atoms with van der Waals surface area (Å²) in [5.41, 5.74) is 3.37.